The Morgan fingerprint density at radius 1 is 1.46 bits per heavy atom. The van der Waals surface area contributed by atoms with Crippen molar-refractivity contribution >= 4 is 16.6 Å². The van der Waals surface area contributed by atoms with E-state index in [1.165, 1.54) is 11.1 Å². The smallest absolute Gasteiger partial charge is 0.204 e. The Labute approximate surface area is 82.3 Å². The largest absolute Gasteiger partial charge is 0.553 e. The molecule has 0 fully saturated rings. The van der Waals surface area contributed by atoms with E-state index in [4.69, 9.17) is 4.43 Å². The average Bonchev–Trinajstić information content (AvgIpc) is 2.17. The van der Waals surface area contributed by atoms with E-state index in [2.05, 4.69) is 25.6 Å². The second kappa shape index (κ2) is 4.67. The van der Waals surface area contributed by atoms with Crippen LogP contribution >= 0.6 is 0 Å². The monoisotopic (exact) mass is 190 g/mol. The molecule has 0 bridgehead atoms. The third-order valence-electron chi connectivity index (χ3n) is 1.92. The number of benzene rings is 1. The summed E-state index contributed by atoms with van der Waals surface area (Å²) in [7, 11) is 0.701. The van der Waals surface area contributed by atoms with Crippen LogP contribution in [0.4, 0.5) is 0 Å². The summed E-state index contributed by atoms with van der Waals surface area (Å²) in [6.45, 7) is 5.77. The lowest BCUT2D eigenvalue weighted by Crippen LogP contribution is -1.85. The highest BCUT2D eigenvalue weighted by Gasteiger charge is 1.94. The molecule has 1 aromatic rings. The molecule has 1 rings (SSSR count). The van der Waals surface area contributed by atoms with Crippen molar-refractivity contribution in [3.8, 4) is 0 Å². The standard InChI is InChI=1S/C11H14OSi/c1-3-11(12-13)8-10-7-5-4-6-9(10)2/h3-8H,1H2,2,13H3. The van der Waals surface area contributed by atoms with Crippen LogP contribution in [0.15, 0.2) is 42.7 Å². The van der Waals surface area contributed by atoms with E-state index in [0.717, 1.165) is 5.76 Å². The van der Waals surface area contributed by atoms with Crippen LogP contribution < -0.4 is 0 Å². The van der Waals surface area contributed by atoms with Gasteiger partial charge in [0.1, 0.15) is 5.76 Å². The Morgan fingerprint density at radius 3 is 2.69 bits per heavy atom. The van der Waals surface area contributed by atoms with E-state index in [-0.39, 0.29) is 0 Å². The minimum atomic E-state index is 0.701. The van der Waals surface area contributed by atoms with E-state index >= 15 is 0 Å². The van der Waals surface area contributed by atoms with Crippen LogP contribution in [-0.2, 0) is 4.43 Å². The fourth-order valence-corrected chi connectivity index (χ4v) is 1.39. The summed E-state index contributed by atoms with van der Waals surface area (Å²) < 4.78 is 5.24. The van der Waals surface area contributed by atoms with Gasteiger partial charge >= 0.3 is 0 Å². The Bertz CT molecular complexity index is 329. The van der Waals surface area contributed by atoms with Gasteiger partial charge in [-0.15, -0.1) is 0 Å². The molecule has 0 N–H and O–H groups in total. The van der Waals surface area contributed by atoms with Gasteiger partial charge in [-0.1, -0.05) is 30.8 Å². The van der Waals surface area contributed by atoms with Crippen LogP contribution in [0.3, 0.4) is 0 Å². The molecule has 68 valence electrons. The fraction of sp³-hybridized carbons (Fsp3) is 0.0909. The zero-order chi connectivity index (χ0) is 9.68. The maximum absolute atomic E-state index is 5.24. The van der Waals surface area contributed by atoms with Crippen molar-refractivity contribution in [1.29, 1.82) is 0 Å². The number of allylic oxidation sites excluding steroid dienone is 1. The minimum Gasteiger partial charge on any atom is -0.553 e. The molecule has 0 aromatic heterocycles. The summed E-state index contributed by atoms with van der Waals surface area (Å²) in [5.41, 5.74) is 2.44. The molecule has 2 heteroatoms. The predicted molar refractivity (Wildman–Crippen MR) is 60.4 cm³/mol. The van der Waals surface area contributed by atoms with E-state index in [1.807, 2.05) is 18.2 Å². The van der Waals surface area contributed by atoms with Crippen LogP contribution in [0.25, 0.3) is 6.08 Å². The van der Waals surface area contributed by atoms with Crippen molar-refractivity contribution in [2.75, 3.05) is 0 Å². The zero-order valence-electron chi connectivity index (χ0n) is 8.08. The molecule has 0 aliphatic heterocycles. The van der Waals surface area contributed by atoms with Crippen molar-refractivity contribution in [3.63, 3.8) is 0 Å². The molecular formula is C11H14OSi. The fourth-order valence-electron chi connectivity index (χ4n) is 1.10. The van der Waals surface area contributed by atoms with Crippen molar-refractivity contribution in [2.45, 2.75) is 6.92 Å². The number of hydrogen-bond acceptors (Lipinski definition) is 1. The number of rotatable bonds is 3. The van der Waals surface area contributed by atoms with E-state index < -0.39 is 0 Å². The second-order valence-electron chi connectivity index (χ2n) is 2.81. The van der Waals surface area contributed by atoms with Gasteiger partial charge in [-0.05, 0) is 30.2 Å². The van der Waals surface area contributed by atoms with Gasteiger partial charge in [0.15, 0.2) is 0 Å². The quantitative estimate of drug-likeness (QED) is 0.401. The van der Waals surface area contributed by atoms with Crippen molar-refractivity contribution in [3.05, 3.63) is 53.8 Å². The SMILES string of the molecule is C=CC(=Cc1ccccc1C)O[SiH3]. The molecule has 0 unspecified atom stereocenters. The first kappa shape index (κ1) is 9.80. The van der Waals surface area contributed by atoms with Crippen molar-refractivity contribution in [2.24, 2.45) is 0 Å². The number of hydrogen-bond donors (Lipinski definition) is 0. The Hall–Kier alpha value is -1.28. The van der Waals surface area contributed by atoms with Gasteiger partial charge in [0.05, 0.1) is 0 Å². The Kier molecular flexibility index (Phi) is 3.52. The minimum absolute atomic E-state index is 0.701. The van der Waals surface area contributed by atoms with Gasteiger partial charge in [0.2, 0.25) is 10.5 Å². The van der Waals surface area contributed by atoms with E-state index in [1.54, 1.807) is 6.08 Å². The van der Waals surface area contributed by atoms with Gasteiger partial charge in [0.25, 0.3) is 0 Å². The molecule has 0 spiro atoms. The first-order chi connectivity index (χ1) is 6.27. The lowest BCUT2D eigenvalue weighted by molar-refractivity contribution is 0.498. The van der Waals surface area contributed by atoms with E-state index in [9.17, 15) is 0 Å². The Balaban J connectivity index is 3.02. The zero-order valence-corrected chi connectivity index (χ0v) is 10.1. The Morgan fingerprint density at radius 2 is 2.15 bits per heavy atom. The summed E-state index contributed by atoms with van der Waals surface area (Å²) in [5, 5.41) is 0. The molecule has 0 saturated carbocycles. The lowest BCUT2D eigenvalue weighted by atomic mass is 10.1. The molecule has 0 saturated heterocycles. The van der Waals surface area contributed by atoms with Crippen LogP contribution in [0.5, 0.6) is 0 Å². The number of aryl methyl sites for hydroxylation is 1. The third-order valence-corrected chi connectivity index (χ3v) is 2.39. The predicted octanol–water partition coefficient (Wildman–Crippen LogP) is 1.82. The van der Waals surface area contributed by atoms with Gasteiger partial charge in [-0.2, -0.15) is 0 Å². The maximum Gasteiger partial charge on any atom is 0.204 e. The first-order valence-electron chi connectivity index (χ1n) is 4.21. The summed E-state index contributed by atoms with van der Waals surface area (Å²) in [5.74, 6) is 0.848. The molecule has 13 heavy (non-hydrogen) atoms. The van der Waals surface area contributed by atoms with Crippen molar-refractivity contribution in [1.82, 2.24) is 0 Å². The summed E-state index contributed by atoms with van der Waals surface area (Å²) in [6.07, 6.45) is 3.74. The molecule has 0 aliphatic carbocycles. The van der Waals surface area contributed by atoms with Crippen LogP contribution in [0.2, 0.25) is 0 Å². The van der Waals surface area contributed by atoms with Gasteiger partial charge in [-0.3, -0.25) is 0 Å². The second-order valence-corrected chi connectivity index (χ2v) is 3.22. The normalized spacial score (nSPS) is 11.3. The molecule has 0 radical (unpaired) electrons. The molecule has 1 nitrogen and oxygen atoms in total. The third kappa shape index (κ3) is 2.59. The molecular weight excluding hydrogens is 176 g/mol. The highest BCUT2D eigenvalue weighted by Crippen LogP contribution is 2.12. The molecule has 1 aromatic carbocycles. The van der Waals surface area contributed by atoms with Crippen LogP contribution in [0.1, 0.15) is 11.1 Å². The molecule has 0 aliphatic rings. The first-order valence-corrected chi connectivity index (χ1v) is 5.03. The van der Waals surface area contributed by atoms with Crippen LogP contribution in [0, 0.1) is 6.92 Å². The lowest BCUT2D eigenvalue weighted by Gasteiger charge is -2.03. The highest BCUT2D eigenvalue weighted by atomic mass is 28.2. The topological polar surface area (TPSA) is 9.23 Å². The molecule has 0 heterocycles. The molecule has 0 atom stereocenters. The molecule has 0 amide bonds. The summed E-state index contributed by atoms with van der Waals surface area (Å²) >= 11 is 0. The summed E-state index contributed by atoms with van der Waals surface area (Å²) in [6, 6.07) is 8.20. The van der Waals surface area contributed by atoms with E-state index in [0.29, 0.717) is 10.5 Å². The highest BCUT2D eigenvalue weighted by molar-refractivity contribution is 5.99. The van der Waals surface area contributed by atoms with Gasteiger partial charge < -0.3 is 4.43 Å². The summed E-state index contributed by atoms with van der Waals surface area (Å²) in [4.78, 5) is 0. The maximum atomic E-state index is 5.24. The average molecular weight is 190 g/mol. The van der Waals surface area contributed by atoms with Gasteiger partial charge in [-0.25, -0.2) is 0 Å². The van der Waals surface area contributed by atoms with Crippen LogP contribution in [-0.4, -0.2) is 10.5 Å². The van der Waals surface area contributed by atoms with Gasteiger partial charge in [0, 0.05) is 0 Å². The van der Waals surface area contributed by atoms with Crippen molar-refractivity contribution < 1.29 is 4.43 Å².